The second-order valence-electron chi connectivity index (χ2n) is 5.00. The molecule has 0 atom stereocenters. The van der Waals surface area contributed by atoms with Crippen molar-refractivity contribution in [1.82, 2.24) is 15.5 Å². The first-order chi connectivity index (χ1) is 10.2. The van der Waals surface area contributed by atoms with Gasteiger partial charge in [-0.1, -0.05) is 18.2 Å². The summed E-state index contributed by atoms with van der Waals surface area (Å²) in [5.41, 5.74) is 0.442. The summed E-state index contributed by atoms with van der Waals surface area (Å²) in [6.07, 6.45) is 0.0404. The van der Waals surface area contributed by atoms with Gasteiger partial charge in [-0.15, -0.1) is 12.4 Å². The summed E-state index contributed by atoms with van der Waals surface area (Å²) in [7, 11) is 0. The molecule has 1 aromatic rings. The molecule has 1 aromatic carbocycles. The number of halogens is 1. The Hall–Kier alpha value is -1.70. The summed E-state index contributed by atoms with van der Waals surface area (Å²) in [6, 6.07) is 6.34. The lowest BCUT2D eigenvalue weighted by molar-refractivity contribution is -0.385. The van der Waals surface area contributed by atoms with E-state index in [1.807, 2.05) is 0 Å². The van der Waals surface area contributed by atoms with Gasteiger partial charge in [-0.25, -0.2) is 0 Å². The van der Waals surface area contributed by atoms with E-state index >= 15 is 0 Å². The molecular weight excluding hydrogens is 308 g/mol. The van der Waals surface area contributed by atoms with Gasteiger partial charge in [-0.3, -0.25) is 19.8 Å². The molecule has 1 heterocycles. The molecule has 2 N–H and O–H groups in total. The Morgan fingerprint density at radius 2 is 2.00 bits per heavy atom. The van der Waals surface area contributed by atoms with E-state index in [1.165, 1.54) is 6.07 Å². The summed E-state index contributed by atoms with van der Waals surface area (Å²) < 4.78 is 0. The van der Waals surface area contributed by atoms with E-state index in [2.05, 4.69) is 15.5 Å². The lowest BCUT2D eigenvalue weighted by Gasteiger charge is -2.27. The number of nitrogens with zero attached hydrogens (tertiary/aromatic N) is 2. The second-order valence-corrected chi connectivity index (χ2v) is 5.00. The maximum absolute atomic E-state index is 11.9. The Morgan fingerprint density at radius 3 is 2.68 bits per heavy atom. The number of benzene rings is 1. The number of para-hydroxylation sites is 1. The minimum atomic E-state index is -0.455. The van der Waals surface area contributed by atoms with Crippen molar-refractivity contribution in [2.45, 2.75) is 6.42 Å². The third kappa shape index (κ3) is 5.59. The van der Waals surface area contributed by atoms with Crippen LogP contribution < -0.4 is 10.6 Å². The van der Waals surface area contributed by atoms with Crippen LogP contribution in [0.4, 0.5) is 5.69 Å². The lowest BCUT2D eigenvalue weighted by Crippen LogP contribution is -2.46. The van der Waals surface area contributed by atoms with Gasteiger partial charge in [0.25, 0.3) is 5.69 Å². The zero-order chi connectivity index (χ0) is 15.1. The van der Waals surface area contributed by atoms with Crippen LogP contribution in [0.1, 0.15) is 5.56 Å². The van der Waals surface area contributed by atoms with Gasteiger partial charge in [-0.05, 0) is 0 Å². The highest BCUT2D eigenvalue weighted by Gasteiger charge is 2.15. The summed E-state index contributed by atoms with van der Waals surface area (Å²) >= 11 is 0. The average Bonchev–Trinajstić information content (AvgIpc) is 2.48. The zero-order valence-electron chi connectivity index (χ0n) is 12.3. The molecule has 0 aliphatic carbocycles. The Bertz CT molecular complexity index is 507. The van der Waals surface area contributed by atoms with Crippen molar-refractivity contribution in [2.75, 3.05) is 39.3 Å². The number of carbonyl (C=O) groups is 1. The number of carbonyl (C=O) groups excluding carboxylic acids is 1. The first kappa shape index (κ1) is 18.3. The molecule has 122 valence electrons. The molecule has 0 spiro atoms. The molecule has 0 saturated carbocycles. The SMILES string of the molecule is Cl.O=C(Cc1ccccc1[N+](=O)[O-])NCCN1CCNCC1. The summed E-state index contributed by atoms with van der Waals surface area (Å²) in [4.78, 5) is 24.6. The molecule has 1 amide bonds. The van der Waals surface area contributed by atoms with Crippen LogP contribution in [0.25, 0.3) is 0 Å². The zero-order valence-corrected chi connectivity index (χ0v) is 13.1. The molecule has 1 fully saturated rings. The van der Waals surface area contributed by atoms with Crippen LogP contribution in [-0.2, 0) is 11.2 Å². The standard InChI is InChI=1S/C14H20N4O3.ClH/c19-14(16-7-10-17-8-5-15-6-9-17)11-12-3-1-2-4-13(12)18(20)21;/h1-4,15H,5-11H2,(H,16,19);1H. The minimum absolute atomic E-state index is 0. The van der Waals surface area contributed by atoms with Crippen LogP contribution in [0, 0.1) is 10.1 Å². The fourth-order valence-corrected chi connectivity index (χ4v) is 2.36. The smallest absolute Gasteiger partial charge is 0.273 e. The first-order valence-electron chi connectivity index (χ1n) is 7.09. The highest BCUT2D eigenvalue weighted by atomic mass is 35.5. The van der Waals surface area contributed by atoms with Crippen molar-refractivity contribution in [2.24, 2.45) is 0 Å². The number of hydrogen-bond donors (Lipinski definition) is 2. The minimum Gasteiger partial charge on any atom is -0.355 e. The molecule has 7 nitrogen and oxygen atoms in total. The fraction of sp³-hybridized carbons (Fsp3) is 0.500. The van der Waals surface area contributed by atoms with Gasteiger partial charge >= 0.3 is 0 Å². The van der Waals surface area contributed by atoms with E-state index in [-0.39, 0.29) is 30.4 Å². The molecule has 0 radical (unpaired) electrons. The van der Waals surface area contributed by atoms with Crippen molar-refractivity contribution >= 4 is 24.0 Å². The molecule has 0 aromatic heterocycles. The molecule has 0 unspecified atom stereocenters. The number of nitro groups is 1. The average molecular weight is 329 g/mol. The van der Waals surface area contributed by atoms with E-state index in [9.17, 15) is 14.9 Å². The summed E-state index contributed by atoms with van der Waals surface area (Å²) in [5, 5.41) is 17.0. The summed E-state index contributed by atoms with van der Waals surface area (Å²) in [6.45, 7) is 5.30. The van der Waals surface area contributed by atoms with E-state index in [0.29, 0.717) is 12.1 Å². The Balaban J connectivity index is 0.00000242. The molecule has 2 rings (SSSR count). The fourth-order valence-electron chi connectivity index (χ4n) is 2.36. The van der Waals surface area contributed by atoms with Crippen molar-refractivity contribution in [3.8, 4) is 0 Å². The number of nitro benzene ring substituents is 1. The van der Waals surface area contributed by atoms with Crippen molar-refractivity contribution in [3.05, 3.63) is 39.9 Å². The number of amides is 1. The van der Waals surface area contributed by atoms with Crippen LogP contribution in [0.15, 0.2) is 24.3 Å². The molecule has 22 heavy (non-hydrogen) atoms. The Labute approximate surface area is 135 Å². The molecule has 0 bridgehead atoms. The molecular formula is C14H21ClN4O3. The van der Waals surface area contributed by atoms with Crippen LogP contribution in [0.2, 0.25) is 0 Å². The number of nitrogens with one attached hydrogen (secondary N) is 2. The molecule has 1 saturated heterocycles. The normalized spacial score (nSPS) is 14.9. The monoisotopic (exact) mass is 328 g/mol. The topological polar surface area (TPSA) is 87.5 Å². The molecule has 8 heteroatoms. The number of piperazine rings is 1. The van der Waals surface area contributed by atoms with Crippen LogP contribution in [-0.4, -0.2) is 55.0 Å². The van der Waals surface area contributed by atoms with Crippen molar-refractivity contribution < 1.29 is 9.72 Å². The predicted molar refractivity (Wildman–Crippen MR) is 86.4 cm³/mol. The van der Waals surface area contributed by atoms with Crippen LogP contribution in [0.5, 0.6) is 0 Å². The van der Waals surface area contributed by atoms with Crippen molar-refractivity contribution in [3.63, 3.8) is 0 Å². The van der Waals surface area contributed by atoms with Gasteiger partial charge in [0.1, 0.15) is 0 Å². The van der Waals surface area contributed by atoms with Crippen LogP contribution >= 0.6 is 12.4 Å². The third-order valence-electron chi connectivity index (χ3n) is 3.50. The van der Waals surface area contributed by atoms with Gasteiger partial charge in [-0.2, -0.15) is 0 Å². The maximum Gasteiger partial charge on any atom is 0.273 e. The predicted octanol–water partition coefficient (Wildman–Crippen LogP) is 0.581. The summed E-state index contributed by atoms with van der Waals surface area (Å²) in [5.74, 6) is -0.181. The van der Waals surface area contributed by atoms with Gasteiger partial charge in [0, 0.05) is 50.9 Å². The van der Waals surface area contributed by atoms with Crippen molar-refractivity contribution in [1.29, 1.82) is 0 Å². The van der Waals surface area contributed by atoms with Gasteiger partial charge in [0.15, 0.2) is 0 Å². The van der Waals surface area contributed by atoms with Gasteiger partial charge in [0.2, 0.25) is 5.91 Å². The Kier molecular flexibility index (Phi) is 7.79. The first-order valence-corrected chi connectivity index (χ1v) is 7.09. The highest BCUT2D eigenvalue weighted by molar-refractivity contribution is 5.85. The van der Waals surface area contributed by atoms with Crippen LogP contribution in [0.3, 0.4) is 0 Å². The number of hydrogen-bond acceptors (Lipinski definition) is 5. The van der Waals surface area contributed by atoms with E-state index < -0.39 is 4.92 Å². The second kappa shape index (κ2) is 9.34. The van der Waals surface area contributed by atoms with E-state index in [4.69, 9.17) is 0 Å². The van der Waals surface area contributed by atoms with E-state index in [1.54, 1.807) is 18.2 Å². The molecule has 1 aliphatic rings. The largest absolute Gasteiger partial charge is 0.355 e. The maximum atomic E-state index is 11.9. The number of rotatable bonds is 6. The Morgan fingerprint density at radius 1 is 1.32 bits per heavy atom. The van der Waals surface area contributed by atoms with Gasteiger partial charge in [0.05, 0.1) is 11.3 Å². The highest BCUT2D eigenvalue weighted by Crippen LogP contribution is 2.17. The quantitative estimate of drug-likeness (QED) is 0.589. The molecule has 1 aliphatic heterocycles. The van der Waals surface area contributed by atoms with E-state index in [0.717, 1.165) is 32.7 Å². The lowest BCUT2D eigenvalue weighted by atomic mass is 10.1. The third-order valence-corrected chi connectivity index (χ3v) is 3.50. The van der Waals surface area contributed by atoms with Gasteiger partial charge < -0.3 is 10.6 Å².